The zero-order valence-corrected chi connectivity index (χ0v) is 73.1. The molecule has 120 heavy (non-hydrogen) atoms. The second kappa shape index (κ2) is 26.9. The Hall–Kier alpha value is -12.3. The van der Waals surface area contributed by atoms with Gasteiger partial charge in [0.2, 0.25) is 0 Å². The maximum absolute atomic E-state index is 2.56. The average molecular weight is 1560 g/mol. The number of para-hydroxylation sites is 6. The van der Waals surface area contributed by atoms with Crippen LogP contribution in [0.15, 0.2) is 334 Å². The molecule has 592 valence electrons. The molecule has 0 fully saturated rings. The highest BCUT2D eigenvalue weighted by molar-refractivity contribution is 6.09. The first-order valence-corrected chi connectivity index (χ1v) is 43.5. The normalized spacial score (nSPS) is 17.0. The molecule has 6 aliphatic carbocycles. The van der Waals surface area contributed by atoms with Gasteiger partial charge < -0.3 is 14.4 Å². The largest absolute Gasteiger partial charge is 0.310 e. The molecule has 0 saturated heterocycles. The smallest absolute Gasteiger partial charge is 0.0541 e. The Balaban J connectivity index is 0.000000115. The van der Waals surface area contributed by atoms with E-state index in [0.717, 1.165) is 0 Å². The van der Waals surface area contributed by atoms with Crippen molar-refractivity contribution in [2.45, 2.75) is 173 Å². The number of nitrogens with zero attached hydrogens (tertiary/aromatic N) is 3. The van der Waals surface area contributed by atoms with Crippen molar-refractivity contribution in [3.8, 4) is 72.4 Å². The van der Waals surface area contributed by atoms with Crippen LogP contribution < -0.4 is 9.80 Å². The van der Waals surface area contributed by atoms with Crippen LogP contribution in [0, 0.1) is 0 Å². The van der Waals surface area contributed by atoms with Crippen molar-refractivity contribution in [1.82, 2.24) is 4.57 Å². The number of fused-ring (bicyclic) bond motifs is 23. The van der Waals surface area contributed by atoms with E-state index in [4.69, 9.17) is 0 Å². The van der Waals surface area contributed by atoms with E-state index in [9.17, 15) is 0 Å². The van der Waals surface area contributed by atoms with Crippen LogP contribution >= 0.6 is 0 Å². The number of aromatic nitrogens is 1. The minimum atomic E-state index is -0.134. The number of hydrogen-bond acceptors (Lipinski definition) is 2. The van der Waals surface area contributed by atoms with Gasteiger partial charge in [0.25, 0.3) is 0 Å². The van der Waals surface area contributed by atoms with Crippen molar-refractivity contribution in [1.29, 1.82) is 0 Å². The van der Waals surface area contributed by atoms with Gasteiger partial charge in [0.05, 0.1) is 11.0 Å². The maximum Gasteiger partial charge on any atom is 0.0541 e. The highest BCUT2D eigenvalue weighted by Crippen LogP contribution is 2.65. The van der Waals surface area contributed by atoms with E-state index in [1.54, 1.807) is 0 Å². The van der Waals surface area contributed by atoms with Gasteiger partial charge in [-0.05, 0) is 264 Å². The first kappa shape index (κ1) is 76.4. The Morgan fingerprint density at radius 1 is 0.183 bits per heavy atom. The van der Waals surface area contributed by atoms with E-state index in [2.05, 4.69) is 473 Å². The van der Waals surface area contributed by atoms with Gasteiger partial charge in [0.1, 0.15) is 0 Å². The SMILES string of the molecule is CC1(C)c2cc(-n3c4ccccc4c4ccccc43)ccc2-c2cc3c(cc21)C(C)(C)C(C)(C)c1ccccc1-3.CC1(C)c2cc(N(c3ccccc3)c3ccccc3)ccc2-c2c1ccc1c2C(C)(C)C(C)(C)c2ccccc2-1.CC1(C)c2cc(N(c3ccccc3)c3ccccc3)ccc2-c2ccc3c(c21)C(C)(C)C(C)(C)c1ccccc1-3. The summed E-state index contributed by atoms with van der Waals surface area (Å²) in [7, 11) is 0. The number of anilines is 6. The molecule has 0 bridgehead atoms. The summed E-state index contributed by atoms with van der Waals surface area (Å²) in [5.41, 5.74) is 44.5. The van der Waals surface area contributed by atoms with Gasteiger partial charge in [-0.3, -0.25) is 0 Å². The average Bonchev–Trinajstić information content (AvgIpc) is 1.45. The van der Waals surface area contributed by atoms with Gasteiger partial charge in [0, 0.05) is 72.2 Å². The molecule has 3 nitrogen and oxygen atoms in total. The topological polar surface area (TPSA) is 11.4 Å². The van der Waals surface area contributed by atoms with Crippen LogP contribution in [0.2, 0.25) is 0 Å². The second-order valence-electron chi connectivity index (χ2n) is 39.6. The van der Waals surface area contributed by atoms with E-state index < -0.39 is 0 Å². The molecule has 0 saturated carbocycles. The molecule has 0 aliphatic heterocycles. The maximum atomic E-state index is 2.56. The Labute approximate surface area is 711 Å². The molecule has 0 unspecified atom stereocenters. The minimum Gasteiger partial charge on any atom is -0.310 e. The summed E-state index contributed by atoms with van der Waals surface area (Å²) in [6.07, 6.45) is 0. The van der Waals surface area contributed by atoms with E-state index >= 15 is 0 Å². The van der Waals surface area contributed by atoms with Gasteiger partial charge in [0.15, 0.2) is 0 Å². The Kier molecular flexibility index (Phi) is 17.1. The van der Waals surface area contributed by atoms with Crippen LogP contribution in [-0.4, -0.2) is 4.57 Å². The molecule has 1 aromatic heterocycles. The summed E-state index contributed by atoms with van der Waals surface area (Å²) >= 11 is 0. The summed E-state index contributed by atoms with van der Waals surface area (Å²) < 4.78 is 2.44. The molecular weight excluding hydrogens is 1450 g/mol. The van der Waals surface area contributed by atoms with Gasteiger partial charge in [-0.2, -0.15) is 0 Å². The first-order valence-electron chi connectivity index (χ1n) is 43.5. The molecular formula is C117H109N3. The molecule has 16 aromatic rings. The van der Waals surface area contributed by atoms with Crippen LogP contribution in [0.1, 0.15) is 191 Å². The van der Waals surface area contributed by atoms with Crippen LogP contribution in [-0.2, 0) is 48.7 Å². The number of hydrogen-bond donors (Lipinski definition) is 0. The fourth-order valence-corrected chi connectivity index (χ4v) is 22.5. The van der Waals surface area contributed by atoms with Crippen LogP contribution in [0.25, 0.3) is 94.3 Å². The third kappa shape index (κ3) is 10.9. The number of benzene rings is 15. The van der Waals surface area contributed by atoms with Crippen molar-refractivity contribution < 1.29 is 0 Å². The third-order valence-electron chi connectivity index (χ3n) is 31.1. The van der Waals surface area contributed by atoms with E-state index in [-0.39, 0.29) is 48.7 Å². The third-order valence-corrected chi connectivity index (χ3v) is 31.1. The fraction of sp³-hybridized carbons (Fsp3) is 0.231. The van der Waals surface area contributed by atoms with Gasteiger partial charge >= 0.3 is 0 Å². The predicted octanol–water partition coefficient (Wildman–Crippen LogP) is 31.7. The molecule has 0 amide bonds. The van der Waals surface area contributed by atoms with Crippen molar-refractivity contribution in [2.75, 3.05) is 9.80 Å². The zero-order valence-electron chi connectivity index (χ0n) is 73.1. The zero-order chi connectivity index (χ0) is 83.3. The quantitative estimate of drug-likeness (QED) is 0.158. The molecule has 6 aliphatic rings. The lowest BCUT2D eigenvalue weighted by molar-refractivity contribution is 0.295. The summed E-state index contributed by atoms with van der Waals surface area (Å²) in [4.78, 5) is 4.75. The minimum absolute atomic E-state index is 0.000844. The molecule has 22 rings (SSSR count). The van der Waals surface area contributed by atoms with Crippen LogP contribution in [0.5, 0.6) is 0 Å². The van der Waals surface area contributed by atoms with Crippen LogP contribution in [0.4, 0.5) is 34.1 Å². The summed E-state index contributed by atoms with van der Waals surface area (Å²) in [6, 6.07) is 124. The van der Waals surface area contributed by atoms with Crippen molar-refractivity contribution in [2.24, 2.45) is 0 Å². The number of rotatable bonds is 7. The van der Waals surface area contributed by atoms with Crippen molar-refractivity contribution in [3.05, 3.63) is 400 Å². The summed E-state index contributed by atoms with van der Waals surface area (Å²) in [5.74, 6) is 0. The van der Waals surface area contributed by atoms with E-state index in [1.165, 1.54) is 195 Å². The molecule has 0 radical (unpaired) electrons. The monoisotopic (exact) mass is 1560 g/mol. The Morgan fingerprint density at radius 3 is 0.992 bits per heavy atom. The Morgan fingerprint density at radius 2 is 0.500 bits per heavy atom. The second-order valence-corrected chi connectivity index (χ2v) is 39.6. The summed E-state index contributed by atoms with van der Waals surface area (Å²) in [6.45, 7) is 43.7. The highest BCUT2D eigenvalue weighted by atomic mass is 15.1. The molecule has 0 N–H and O–H groups in total. The molecule has 15 aromatic carbocycles. The van der Waals surface area contributed by atoms with Crippen molar-refractivity contribution >= 4 is 55.9 Å². The van der Waals surface area contributed by atoms with E-state index in [1.807, 2.05) is 0 Å². The molecule has 1 heterocycles. The molecule has 0 spiro atoms. The lowest BCUT2D eigenvalue weighted by Gasteiger charge is -2.50. The summed E-state index contributed by atoms with van der Waals surface area (Å²) in [5, 5.41) is 2.61. The van der Waals surface area contributed by atoms with Gasteiger partial charge in [-0.1, -0.05) is 355 Å². The Bertz CT molecular complexity index is 6720. The molecule has 0 atom stereocenters. The predicted molar refractivity (Wildman–Crippen MR) is 510 cm³/mol. The lowest BCUT2D eigenvalue weighted by Crippen LogP contribution is -2.45. The molecule has 3 heteroatoms. The standard InChI is InChI=1S/C39H35N.2C39H37N/c1-37(2)32-21-24(40-35-17-11-8-14-27(35)28-15-9-12-18-36(28)40)19-20-26(32)29-22-30-25-13-7-10-16-31(25)38(3,4)39(5,6)34(30)23-33(29)37;1-37(2)33-24-23-30-29-19-13-14-20-32(29)38(3,4)39(5,6)36(30)35(33)31-22-21-28(25-34(31)37)40(26-15-9-7-10-16-26)27-17-11-8-12-18-27;1-37(2)34-25-28(40(26-15-9-7-10-16-26)27-17-11-8-12-18-27)21-22-30(34)31-23-24-32-29-19-13-14-20-33(29)38(3,4)39(5,6)36(32)35(31)37/h7-23H,1-6H3;2*7-25H,1-6H3. The van der Waals surface area contributed by atoms with Crippen LogP contribution in [0.3, 0.4) is 0 Å². The first-order chi connectivity index (χ1) is 57.4. The van der Waals surface area contributed by atoms with Gasteiger partial charge in [-0.15, -0.1) is 0 Å². The van der Waals surface area contributed by atoms with Crippen molar-refractivity contribution in [3.63, 3.8) is 0 Å². The van der Waals surface area contributed by atoms with E-state index in [0.29, 0.717) is 0 Å². The fourth-order valence-electron chi connectivity index (χ4n) is 22.5. The lowest BCUT2D eigenvalue weighted by atomic mass is 9.53. The van der Waals surface area contributed by atoms with Gasteiger partial charge in [-0.25, -0.2) is 0 Å². The highest BCUT2D eigenvalue weighted by Gasteiger charge is 2.54.